The number of carboxylic acids is 1. The second-order valence-corrected chi connectivity index (χ2v) is 7.87. The van der Waals surface area contributed by atoms with Gasteiger partial charge in [0, 0.05) is 37.2 Å². The molecular formula is C21H30N2O4. The average Bonchev–Trinajstić information content (AvgIpc) is 2.60. The zero-order chi connectivity index (χ0) is 20.0. The Balaban J connectivity index is 2.00. The van der Waals surface area contributed by atoms with Crippen LogP contribution in [-0.4, -0.2) is 40.9 Å². The van der Waals surface area contributed by atoms with Crippen molar-refractivity contribution in [2.24, 2.45) is 11.8 Å². The molecule has 27 heavy (non-hydrogen) atoms. The third-order valence-electron chi connectivity index (χ3n) is 4.91. The molecule has 0 bridgehead atoms. The van der Waals surface area contributed by atoms with Crippen LogP contribution in [0.4, 0.5) is 5.69 Å². The Kier molecular flexibility index (Phi) is 7.39. The first-order valence-electron chi connectivity index (χ1n) is 9.67. The number of anilines is 1. The molecule has 1 atom stereocenters. The zero-order valence-corrected chi connectivity index (χ0v) is 16.5. The van der Waals surface area contributed by atoms with Crippen molar-refractivity contribution >= 4 is 23.5 Å². The zero-order valence-electron chi connectivity index (χ0n) is 16.5. The van der Waals surface area contributed by atoms with Gasteiger partial charge in [0.2, 0.25) is 5.91 Å². The Morgan fingerprint density at radius 2 is 2.04 bits per heavy atom. The van der Waals surface area contributed by atoms with E-state index in [0.717, 1.165) is 24.1 Å². The van der Waals surface area contributed by atoms with E-state index in [0.29, 0.717) is 37.4 Å². The van der Waals surface area contributed by atoms with Crippen LogP contribution >= 0.6 is 0 Å². The summed E-state index contributed by atoms with van der Waals surface area (Å²) in [6.45, 7) is 7.19. The van der Waals surface area contributed by atoms with Crippen LogP contribution in [0.1, 0.15) is 61.9 Å². The van der Waals surface area contributed by atoms with E-state index in [1.165, 1.54) is 0 Å². The lowest BCUT2D eigenvalue weighted by Crippen LogP contribution is -2.40. The fraction of sp³-hybridized carbons (Fsp3) is 0.571. The van der Waals surface area contributed by atoms with Gasteiger partial charge in [-0.2, -0.15) is 0 Å². The largest absolute Gasteiger partial charge is 0.481 e. The first-order chi connectivity index (χ1) is 12.8. The maximum Gasteiger partial charge on any atom is 0.303 e. The summed E-state index contributed by atoms with van der Waals surface area (Å²) in [5.74, 6) is -0.305. The molecule has 1 aromatic carbocycles. The number of hydrogen-bond donors (Lipinski definition) is 2. The number of carbonyl (C=O) groups is 3. The molecule has 6 heteroatoms. The van der Waals surface area contributed by atoms with Gasteiger partial charge in [0.25, 0.3) is 5.91 Å². The van der Waals surface area contributed by atoms with E-state index in [9.17, 15) is 14.4 Å². The predicted octanol–water partition coefficient (Wildman–Crippen LogP) is 3.70. The number of rotatable bonds is 7. The molecule has 1 aromatic rings. The Labute approximate surface area is 160 Å². The summed E-state index contributed by atoms with van der Waals surface area (Å²) in [4.78, 5) is 37.4. The molecule has 0 aliphatic carbocycles. The smallest absolute Gasteiger partial charge is 0.303 e. The number of hydrogen-bond acceptors (Lipinski definition) is 3. The number of amides is 2. The van der Waals surface area contributed by atoms with E-state index < -0.39 is 5.97 Å². The van der Waals surface area contributed by atoms with Gasteiger partial charge >= 0.3 is 5.97 Å². The van der Waals surface area contributed by atoms with Crippen molar-refractivity contribution in [3.63, 3.8) is 0 Å². The van der Waals surface area contributed by atoms with Crippen molar-refractivity contribution in [3.8, 4) is 0 Å². The molecular weight excluding hydrogens is 344 g/mol. The summed E-state index contributed by atoms with van der Waals surface area (Å²) in [5.41, 5.74) is 2.20. The second kappa shape index (κ2) is 9.53. The molecule has 148 valence electrons. The first-order valence-corrected chi connectivity index (χ1v) is 9.67. The standard InChI is InChI=1S/C21H30N2O4/c1-14(2)11-19(24)22-18-8-7-17(12-15(18)3)21(27)23-10-4-5-16(13-23)6-9-20(25)26/h7-8,12,14,16H,4-6,9-11,13H2,1-3H3,(H,22,24)(H,25,26). The average molecular weight is 374 g/mol. The van der Waals surface area contributed by atoms with Crippen LogP contribution in [0, 0.1) is 18.8 Å². The van der Waals surface area contributed by atoms with Crippen molar-refractivity contribution in [2.45, 2.75) is 52.9 Å². The van der Waals surface area contributed by atoms with Crippen molar-refractivity contribution in [1.82, 2.24) is 4.90 Å². The van der Waals surface area contributed by atoms with Gasteiger partial charge in [-0.05, 0) is 61.8 Å². The van der Waals surface area contributed by atoms with Crippen LogP contribution in [0.2, 0.25) is 0 Å². The van der Waals surface area contributed by atoms with E-state index in [1.54, 1.807) is 12.1 Å². The fourth-order valence-corrected chi connectivity index (χ4v) is 3.50. The summed E-state index contributed by atoms with van der Waals surface area (Å²) in [6.07, 6.45) is 3.09. The van der Waals surface area contributed by atoms with Gasteiger partial charge in [-0.15, -0.1) is 0 Å². The van der Waals surface area contributed by atoms with Gasteiger partial charge < -0.3 is 15.3 Å². The number of carbonyl (C=O) groups excluding carboxylic acids is 2. The first kappa shape index (κ1) is 20.9. The molecule has 1 unspecified atom stereocenters. The highest BCUT2D eigenvalue weighted by Gasteiger charge is 2.25. The second-order valence-electron chi connectivity index (χ2n) is 7.87. The molecule has 1 heterocycles. The summed E-state index contributed by atoms with van der Waals surface area (Å²) < 4.78 is 0. The van der Waals surface area contributed by atoms with Crippen LogP contribution in [-0.2, 0) is 9.59 Å². The summed E-state index contributed by atoms with van der Waals surface area (Å²) in [5, 5.41) is 11.8. The topological polar surface area (TPSA) is 86.7 Å². The number of aryl methyl sites for hydroxylation is 1. The van der Waals surface area contributed by atoms with Crippen molar-refractivity contribution in [3.05, 3.63) is 29.3 Å². The Bertz CT molecular complexity index is 699. The van der Waals surface area contributed by atoms with Gasteiger partial charge in [0.15, 0.2) is 0 Å². The predicted molar refractivity (Wildman–Crippen MR) is 105 cm³/mol. The number of piperidine rings is 1. The maximum absolute atomic E-state index is 12.8. The molecule has 2 rings (SSSR count). The third kappa shape index (κ3) is 6.38. The fourth-order valence-electron chi connectivity index (χ4n) is 3.50. The number of nitrogens with zero attached hydrogens (tertiary/aromatic N) is 1. The molecule has 1 aliphatic rings. The van der Waals surface area contributed by atoms with E-state index >= 15 is 0 Å². The number of aliphatic carboxylic acids is 1. The Hall–Kier alpha value is -2.37. The highest BCUT2D eigenvalue weighted by Crippen LogP contribution is 2.24. The van der Waals surface area contributed by atoms with Crippen LogP contribution < -0.4 is 5.32 Å². The van der Waals surface area contributed by atoms with E-state index in [4.69, 9.17) is 5.11 Å². The number of nitrogens with one attached hydrogen (secondary N) is 1. The van der Waals surface area contributed by atoms with Crippen LogP contribution in [0.25, 0.3) is 0 Å². The molecule has 0 aromatic heterocycles. The molecule has 6 nitrogen and oxygen atoms in total. The Morgan fingerprint density at radius 1 is 1.30 bits per heavy atom. The van der Waals surface area contributed by atoms with Gasteiger partial charge in [-0.25, -0.2) is 0 Å². The van der Waals surface area contributed by atoms with Crippen LogP contribution in [0.15, 0.2) is 18.2 Å². The third-order valence-corrected chi connectivity index (χ3v) is 4.91. The number of likely N-dealkylation sites (tertiary alicyclic amines) is 1. The molecule has 0 radical (unpaired) electrons. The Morgan fingerprint density at radius 3 is 2.67 bits per heavy atom. The normalized spacial score (nSPS) is 17.0. The molecule has 2 N–H and O–H groups in total. The lowest BCUT2D eigenvalue weighted by atomic mass is 9.93. The number of benzene rings is 1. The van der Waals surface area contributed by atoms with E-state index in [1.807, 2.05) is 31.7 Å². The van der Waals surface area contributed by atoms with Crippen molar-refractivity contribution < 1.29 is 19.5 Å². The SMILES string of the molecule is Cc1cc(C(=O)N2CCCC(CCC(=O)O)C2)ccc1NC(=O)CC(C)C. The molecule has 0 spiro atoms. The van der Waals surface area contributed by atoms with Crippen molar-refractivity contribution in [2.75, 3.05) is 18.4 Å². The lowest BCUT2D eigenvalue weighted by molar-refractivity contribution is -0.137. The highest BCUT2D eigenvalue weighted by molar-refractivity contribution is 5.96. The molecule has 2 amide bonds. The monoisotopic (exact) mass is 374 g/mol. The molecule has 1 fully saturated rings. The van der Waals surface area contributed by atoms with Gasteiger partial charge in [0.05, 0.1) is 0 Å². The summed E-state index contributed by atoms with van der Waals surface area (Å²) >= 11 is 0. The summed E-state index contributed by atoms with van der Waals surface area (Å²) in [6, 6.07) is 5.35. The molecule has 1 aliphatic heterocycles. The molecule has 1 saturated heterocycles. The van der Waals surface area contributed by atoms with Crippen LogP contribution in [0.5, 0.6) is 0 Å². The van der Waals surface area contributed by atoms with Gasteiger partial charge in [-0.3, -0.25) is 14.4 Å². The van der Waals surface area contributed by atoms with Crippen LogP contribution in [0.3, 0.4) is 0 Å². The highest BCUT2D eigenvalue weighted by atomic mass is 16.4. The van der Waals surface area contributed by atoms with E-state index in [2.05, 4.69) is 5.32 Å². The maximum atomic E-state index is 12.8. The molecule has 0 saturated carbocycles. The van der Waals surface area contributed by atoms with Crippen molar-refractivity contribution in [1.29, 1.82) is 0 Å². The minimum Gasteiger partial charge on any atom is -0.481 e. The van der Waals surface area contributed by atoms with Gasteiger partial charge in [-0.1, -0.05) is 13.8 Å². The minimum absolute atomic E-state index is 0.0236. The summed E-state index contributed by atoms with van der Waals surface area (Å²) in [7, 11) is 0. The lowest BCUT2D eigenvalue weighted by Gasteiger charge is -2.32. The number of carboxylic acid groups (broad SMARTS) is 1. The van der Waals surface area contributed by atoms with Gasteiger partial charge in [0.1, 0.15) is 0 Å². The minimum atomic E-state index is -0.788. The quantitative estimate of drug-likeness (QED) is 0.762. The van der Waals surface area contributed by atoms with E-state index in [-0.39, 0.29) is 24.2 Å².